The molecule has 0 fully saturated rings. The van der Waals surface area contributed by atoms with Crippen LogP contribution in [0.4, 0.5) is 5.69 Å². The second kappa shape index (κ2) is 13.6. The lowest BCUT2D eigenvalue weighted by molar-refractivity contribution is 0.282. The van der Waals surface area contributed by atoms with Gasteiger partial charge in [-0.05, 0) is 24.1 Å². The smallest absolute Gasteiger partial charge is 0.0681 e. The molecule has 2 nitrogen and oxygen atoms in total. The van der Waals surface area contributed by atoms with Gasteiger partial charge in [0.15, 0.2) is 0 Å². The molecule has 0 radical (unpaired) electrons. The maximum atomic E-state index is 9.00. The van der Waals surface area contributed by atoms with Crippen LogP contribution < -0.4 is 5.32 Å². The molecule has 0 amide bonds. The highest BCUT2D eigenvalue weighted by Crippen LogP contribution is 2.12. The van der Waals surface area contributed by atoms with Crippen molar-refractivity contribution in [3.05, 3.63) is 29.8 Å². The van der Waals surface area contributed by atoms with Crippen molar-refractivity contribution in [2.45, 2.75) is 84.2 Å². The Morgan fingerprint density at radius 1 is 0.727 bits per heavy atom. The van der Waals surface area contributed by atoms with Gasteiger partial charge in [-0.15, -0.1) is 0 Å². The molecule has 2 N–H and O–H groups in total. The minimum Gasteiger partial charge on any atom is -0.392 e. The first kappa shape index (κ1) is 19.0. The third-order valence-electron chi connectivity index (χ3n) is 4.25. The molecule has 0 bridgehead atoms. The molecule has 0 aromatic heterocycles. The van der Waals surface area contributed by atoms with E-state index in [4.69, 9.17) is 5.11 Å². The highest BCUT2D eigenvalue weighted by atomic mass is 16.3. The molecular formula is C20H35NO. The van der Waals surface area contributed by atoms with Gasteiger partial charge in [-0.3, -0.25) is 0 Å². The van der Waals surface area contributed by atoms with Crippen molar-refractivity contribution in [2.75, 3.05) is 11.9 Å². The first-order chi connectivity index (χ1) is 10.9. The molecule has 2 heteroatoms. The van der Waals surface area contributed by atoms with Crippen molar-refractivity contribution >= 4 is 5.69 Å². The largest absolute Gasteiger partial charge is 0.392 e. The Morgan fingerprint density at radius 2 is 1.23 bits per heavy atom. The minimum atomic E-state index is 0.124. The van der Waals surface area contributed by atoms with Crippen molar-refractivity contribution in [3.8, 4) is 0 Å². The Bertz CT molecular complexity index is 347. The molecule has 22 heavy (non-hydrogen) atoms. The summed E-state index contributed by atoms with van der Waals surface area (Å²) in [5, 5.41) is 12.4. The maximum Gasteiger partial charge on any atom is 0.0681 e. The summed E-state index contributed by atoms with van der Waals surface area (Å²) in [6.07, 6.45) is 15.3. The van der Waals surface area contributed by atoms with Crippen LogP contribution in [0, 0.1) is 0 Å². The van der Waals surface area contributed by atoms with E-state index in [1.807, 2.05) is 24.3 Å². The van der Waals surface area contributed by atoms with Crippen molar-refractivity contribution in [3.63, 3.8) is 0 Å². The third kappa shape index (κ3) is 9.83. The van der Waals surface area contributed by atoms with Gasteiger partial charge >= 0.3 is 0 Å². The van der Waals surface area contributed by atoms with Crippen molar-refractivity contribution < 1.29 is 5.11 Å². The number of benzene rings is 1. The normalized spacial score (nSPS) is 10.8. The Labute approximate surface area is 137 Å². The third-order valence-corrected chi connectivity index (χ3v) is 4.25. The Hall–Kier alpha value is -1.02. The zero-order valence-electron chi connectivity index (χ0n) is 14.4. The number of anilines is 1. The van der Waals surface area contributed by atoms with Crippen molar-refractivity contribution in [2.24, 2.45) is 0 Å². The van der Waals surface area contributed by atoms with Crippen LogP contribution in [0.3, 0.4) is 0 Å². The fourth-order valence-electron chi connectivity index (χ4n) is 2.75. The minimum absolute atomic E-state index is 0.124. The zero-order chi connectivity index (χ0) is 15.9. The van der Waals surface area contributed by atoms with Gasteiger partial charge in [0.1, 0.15) is 0 Å². The van der Waals surface area contributed by atoms with Crippen LogP contribution in [0.15, 0.2) is 24.3 Å². The van der Waals surface area contributed by atoms with Gasteiger partial charge in [-0.1, -0.05) is 83.3 Å². The van der Waals surface area contributed by atoms with E-state index in [1.165, 1.54) is 70.6 Å². The predicted molar refractivity (Wildman–Crippen MR) is 97.3 cm³/mol. The number of aliphatic hydroxyl groups is 1. The molecule has 1 aromatic rings. The molecule has 1 aromatic carbocycles. The van der Waals surface area contributed by atoms with Gasteiger partial charge in [0.25, 0.3) is 0 Å². The summed E-state index contributed by atoms with van der Waals surface area (Å²) >= 11 is 0. The van der Waals surface area contributed by atoms with E-state index in [0.717, 1.165) is 17.8 Å². The predicted octanol–water partition coefficient (Wildman–Crippen LogP) is 5.90. The van der Waals surface area contributed by atoms with E-state index in [1.54, 1.807) is 0 Å². The van der Waals surface area contributed by atoms with Crippen LogP contribution in [0.5, 0.6) is 0 Å². The van der Waals surface area contributed by atoms with Crippen LogP contribution in [0.1, 0.15) is 83.1 Å². The quantitative estimate of drug-likeness (QED) is 0.419. The number of hydrogen-bond acceptors (Lipinski definition) is 2. The van der Waals surface area contributed by atoms with Gasteiger partial charge in [-0.2, -0.15) is 0 Å². The van der Waals surface area contributed by atoms with Crippen molar-refractivity contribution in [1.82, 2.24) is 0 Å². The topological polar surface area (TPSA) is 32.3 Å². The van der Waals surface area contributed by atoms with Crippen molar-refractivity contribution in [1.29, 1.82) is 0 Å². The SMILES string of the molecule is CCCCCCCCCCCCCNc1ccc(CO)cc1. The number of rotatable bonds is 14. The molecular weight excluding hydrogens is 270 g/mol. The number of aliphatic hydroxyl groups excluding tert-OH is 1. The van der Waals surface area contributed by atoms with E-state index in [9.17, 15) is 0 Å². The first-order valence-corrected chi connectivity index (χ1v) is 9.30. The molecule has 0 saturated carbocycles. The Balaban J connectivity index is 1.85. The molecule has 1 rings (SSSR count). The Kier molecular flexibility index (Phi) is 11.8. The van der Waals surface area contributed by atoms with E-state index in [0.29, 0.717) is 0 Å². The summed E-state index contributed by atoms with van der Waals surface area (Å²) in [7, 11) is 0. The van der Waals surface area contributed by atoms with Gasteiger partial charge in [0.05, 0.1) is 6.61 Å². The summed E-state index contributed by atoms with van der Waals surface area (Å²) in [5.74, 6) is 0. The summed E-state index contributed by atoms with van der Waals surface area (Å²) in [4.78, 5) is 0. The highest BCUT2D eigenvalue weighted by molar-refractivity contribution is 5.44. The van der Waals surface area contributed by atoms with Gasteiger partial charge in [0.2, 0.25) is 0 Å². The lowest BCUT2D eigenvalue weighted by atomic mass is 10.1. The number of nitrogens with one attached hydrogen (secondary N) is 1. The number of hydrogen-bond donors (Lipinski definition) is 2. The van der Waals surface area contributed by atoms with Gasteiger partial charge in [-0.25, -0.2) is 0 Å². The standard InChI is InChI=1S/C20H35NO/c1-2-3-4-5-6-7-8-9-10-11-12-17-21-20-15-13-19(18-22)14-16-20/h13-16,21-22H,2-12,17-18H2,1H3. The number of unbranched alkanes of at least 4 members (excludes halogenated alkanes) is 10. The zero-order valence-corrected chi connectivity index (χ0v) is 14.4. The van der Waals surface area contributed by atoms with Crippen LogP contribution >= 0.6 is 0 Å². The van der Waals surface area contributed by atoms with E-state index in [2.05, 4.69) is 12.2 Å². The van der Waals surface area contributed by atoms with E-state index in [-0.39, 0.29) is 6.61 Å². The lowest BCUT2D eigenvalue weighted by Crippen LogP contribution is -2.01. The van der Waals surface area contributed by atoms with Crippen LogP contribution in [0.2, 0.25) is 0 Å². The fourth-order valence-corrected chi connectivity index (χ4v) is 2.75. The van der Waals surface area contributed by atoms with E-state index >= 15 is 0 Å². The van der Waals surface area contributed by atoms with Crippen LogP contribution in [-0.4, -0.2) is 11.7 Å². The highest BCUT2D eigenvalue weighted by Gasteiger charge is 1.95. The molecule has 0 atom stereocenters. The molecule has 126 valence electrons. The fraction of sp³-hybridized carbons (Fsp3) is 0.700. The molecule has 0 unspecified atom stereocenters. The Morgan fingerprint density at radius 3 is 1.73 bits per heavy atom. The molecule has 0 saturated heterocycles. The molecule has 0 heterocycles. The second-order valence-electron chi connectivity index (χ2n) is 6.32. The molecule has 0 aliphatic rings. The molecule has 0 spiro atoms. The summed E-state index contributed by atoms with van der Waals surface area (Å²) < 4.78 is 0. The average molecular weight is 306 g/mol. The molecule has 0 aliphatic heterocycles. The van der Waals surface area contributed by atoms with Crippen LogP contribution in [0.25, 0.3) is 0 Å². The summed E-state index contributed by atoms with van der Waals surface area (Å²) in [6, 6.07) is 8.04. The maximum absolute atomic E-state index is 9.00. The average Bonchev–Trinajstić information content (AvgIpc) is 2.56. The summed E-state index contributed by atoms with van der Waals surface area (Å²) in [6.45, 7) is 3.45. The monoisotopic (exact) mass is 305 g/mol. The van der Waals surface area contributed by atoms with E-state index < -0.39 is 0 Å². The van der Waals surface area contributed by atoms with Crippen LogP contribution in [-0.2, 0) is 6.61 Å². The first-order valence-electron chi connectivity index (χ1n) is 9.30. The summed E-state index contributed by atoms with van der Waals surface area (Å²) in [5.41, 5.74) is 2.13. The second-order valence-corrected chi connectivity index (χ2v) is 6.32. The van der Waals surface area contributed by atoms with Gasteiger partial charge < -0.3 is 10.4 Å². The molecule has 0 aliphatic carbocycles. The lowest BCUT2D eigenvalue weighted by Gasteiger charge is -2.07. The van der Waals surface area contributed by atoms with Gasteiger partial charge in [0, 0.05) is 12.2 Å².